The van der Waals surface area contributed by atoms with Gasteiger partial charge in [0.05, 0.1) is 18.0 Å². The largest absolute Gasteiger partial charge is 0.462 e. The van der Waals surface area contributed by atoms with E-state index in [0.29, 0.717) is 22.6 Å². The lowest BCUT2D eigenvalue weighted by molar-refractivity contribution is 0.0121. The molecule has 1 saturated heterocycles. The molecule has 0 radical (unpaired) electrons. The van der Waals surface area contributed by atoms with Gasteiger partial charge in [0, 0.05) is 29.5 Å². The minimum atomic E-state index is -0.909. The summed E-state index contributed by atoms with van der Waals surface area (Å²) in [6.07, 6.45) is 6.16. The van der Waals surface area contributed by atoms with Crippen molar-refractivity contribution in [3.63, 3.8) is 0 Å². The molecule has 2 atom stereocenters. The summed E-state index contributed by atoms with van der Waals surface area (Å²) in [6.45, 7) is 0.943. The van der Waals surface area contributed by atoms with Crippen LogP contribution < -0.4 is 10.5 Å². The summed E-state index contributed by atoms with van der Waals surface area (Å²) >= 11 is 0. The van der Waals surface area contributed by atoms with Gasteiger partial charge < -0.3 is 19.9 Å². The predicted octanol–water partition coefficient (Wildman–Crippen LogP) is 4.22. The summed E-state index contributed by atoms with van der Waals surface area (Å²) in [7, 11) is 0. The third-order valence-corrected chi connectivity index (χ3v) is 6.29. The van der Waals surface area contributed by atoms with Gasteiger partial charge >= 0.3 is 0 Å². The molecule has 1 fully saturated rings. The monoisotopic (exact) mass is 432 g/mol. The van der Waals surface area contributed by atoms with E-state index in [0.717, 1.165) is 42.7 Å². The Morgan fingerprint density at radius 3 is 2.75 bits per heavy atom. The molecule has 1 aromatic carbocycles. The molecule has 5 heterocycles. The maximum absolute atomic E-state index is 14.4. The van der Waals surface area contributed by atoms with Crippen molar-refractivity contribution in [2.75, 3.05) is 13.2 Å². The van der Waals surface area contributed by atoms with Crippen molar-refractivity contribution in [3.05, 3.63) is 71.6 Å². The van der Waals surface area contributed by atoms with E-state index in [1.165, 1.54) is 6.20 Å². The Hall–Kier alpha value is -3.52. The smallest absolute Gasteiger partial charge is 0.283 e. The van der Waals surface area contributed by atoms with E-state index in [4.69, 9.17) is 24.9 Å². The quantitative estimate of drug-likeness (QED) is 0.610. The number of hydrogen-bond acceptors (Lipinski definition) is 7. The van der Waals surface area contributed by atoms with Crippen LogP contribution in [0.2, 0.25) is 0 Å². The molecule has 2 N–H and O–H groups in total. The Balaban J connectivity index is 1.51. The topological polar surface area (TPSA) is 91.9 Å². The first-order valence-corrected chi connectivity index (χ1v) is 10.7. The SMILES string of the molecule is NC1=N[C@@]2(CO1)c1cc(-c3cccnc3F)ccc1Oc1cnc([C@@H]3CCCCO3)cc12. The molecular formula is C24H21FN4O3. The van der Waals surface area contributed by atoms with Crippen LogP contribution in [0.1, 0.15) is 42.2 Å². The standard InChI is InChI=1S/C24H21FN4O3/c25-22-15(4-3-8-27-22)14-6-7-19-16(10-14)24(13-31-23(26)29-24)17-11-18(28-12-21(17)32-19)20-5-1-2-9-30-20/h3-4,6-8,10-12,20H,1-2,5,9,13H2,(H2,26,29)/t20-,24-/m0/s1. The number of aromatic nitrogens is 2. The van der Waals surface area contributed by atoms with Crippen molar-refractivity contribution in [3.8, 4) is 22.6 Å². The summed E-state index contributed by atoms with van der Waals surface area (Å²) in [4.78, 5) is 13.1. The molecule has 162 valence electrons. The van der Waals surface area contributed by atoms with Gasteiger partial charge in [0.15, 0.2) is 11.3 Å². The number of benzene rings is 1. The van der Waals surface area contributed by atoms with Crippen LogP contribution in [0.15, 0.2) is 53.8 Å². The zero-order valence-corrected chi connectivity index (χ0v) is 17.3. The van der Waals surface area contributed by atoms with Gasteiger partial charge in [0.2, 0.25) is 5.95 Å². The average molecular weight is 432 g/mol. The number of fused-ring (bicyclic) bond motifs is 4. The molecule has 6 rings (SSSR count). The maximum atomic E-state index is 14.4. The third-order valence-electron chi connectivity index (χ3n) is 6.29. The number of nitrogens with two attached hydrogens (primary N) is 1. The van der Waals surface area contributed by atoms with Gasteiger partial charge in [-0.2, -0.15) is 4.39 Å². The Bertz CT molecular complexity index is 1240. The van der Waals surface area contributed by atoms with Crippen molar-refractivity contribution in [2.24, 2.45) is 10.7 Å². The van der Waals surface area contributed by atoms with Crippen LogP contribution in [0.3, 0.4) is 0 Å². The molecule has 0 aliphatic carbocycles. The van der Waals surface area contributed by atoms with Crippen molar-refractivity contribution < 1.29 is 18.6 Å². The number of rotatable bonds is 2. The molecule has 1 spiro atoms. The summed E-state index contributed by atoms with van der Waals surface area (Å²) in [5.41, 5.74) is 8.56. The maximum Gasteiger partial charge on any atom is 0.283 e. The van der Waals surface area contributed by atoms with Crippen molar-refractivity contribution in [2.45, 2.75) is 30.9 Å². The van der Waals surface area contributed by atoms with Crippen LogP contribution in [0, 0.1) is 5.95 Å². The van der Waals surface area contributed by atoms with E-state index in [1.54, 1.807) is 24.4 Å². The number of pyridine rings is 2. The molecule has 0 bridgehead atoms. The van der Waals surface area contributed by atoms with E-state index in [1.807, 2.05) is 18.2 Å². The summed E-state index contributed by atoms with van der Waals surface area (Å²) < 4.78 is 32.2. The molecule has 3 aliphatic heterocycles. The van der Waals surface area contributed by atoms with Gasteiger partial charge in [-0.05, 0) is 55.2 Å². The number of nitrogens with zero attached hydrogens (tertiary/aromatic N) is 3. The first-order chi connectivity index (χ1) is 15.6. The Labute approximate surface area is 184 Å². The van der Waals surface area contributed by atoms with E-state index >= 15 is 0 Å². The van der Waals surface area contributed by atoms with Gasteiger partial charge in [0.25, 0.3) is 6.02 Å². The fourth-order valence-electron chi connectivity index (χ4n) is 4.70. The van der Waals surface area contributed by atoms with Gasteiger partial charge in [-0.1, -0.05) is 6.07 Å². The lowest BCUT2D eigenvalue weighted by Crippen LogP contribution is -2.31. The van der Waals surface area contributed by atoms with Crippen LogP contribution >= 0.6 is 0 Å². The van der Waals surface area contributed by atoms with Crippen LogP contribution in [0.4, 0.5) is 4.39 Å². The van der Waals surface area contributed by atoms with Crippen LogP contribution in [0.5, 0.6) is 11.5 Å². The molecule has 3 aromatic rings. The van der Waals surface area contributed by atoms with E-state index in [2.05, 4.69) is 9.97 Å². The fourth-order valence-corrected chi connectivity index (χ4v) is 4.70. The van der Waals surface area contributed by atoms with Crippen LogP contribution in [-0.4, -0.2) is 29.2 Å². The minimum Gasteiger partial charge on any atom is -0.462 e. The van der Waals surface area contributed by atoms with Crippen LogP contribution in [-0.2, 0) is 15.0 Å². The predicted molar refractivity (Wildman–Crippen MR) is 115 cm³/mol. The average Bonchev–Trinajstić information content (AvgIpc) is 3.22. The molecule has 0 amide bonds. The minimum absolute atomic E-state index is 0.0630. The second-order valence-corrected chi connectivity index (χ2v) is 8.21. The summed E-state index contributed by atoms with van der Waals surface area (Å²) in [6, 6.07) is 11.0. The zero-order valence-electron chi connectivity index (χ0n) is 17.3. The Kier molecular flexibility index (Phi) is 4.36. The zero-order chi connectivity index (χ0) is 21.7. The normalized spacial score (nSPS) is 23.7. The molecule has 2 aromatic heterocycles. The fraction of sp³-hybridized carbons (Fsp3) is 0.292. The van der Waals surface area contributed by atoms with Gasteiger partial charge in [-0.15, -0.1) is 0 Å². The number of amidine groups is 1. The van der Waals surface area contributed by atoms with Gasteiger partial charge in [-0.25, -0.2) is 9.98 Å². The van der Waals surface area contributed by atoms with Crippen molar-refractivity contribution in [1.82, 2.24) is 9.97 Å². The van der Waals surface area contributed by atoms with E-state index in [9.17, 15) is 4.39 Å². The van der Waals surface area contributed by atoms with Gasteiger partial charge in [-0.3, -0.25) is 4.98 Å². The molecule has 32 heavy (non-hydrogen) atoms. The molecule has 8 heteroatoms. The second kappa shape index (κ2) is 7.27. The first kappa shape index (κ1) is 19.2. The molecule has 0 unspecified atom stereocenters. The molecule has 0 saturated carbocycles. The van der Waals surface area contributed by atoms with E-state index in [-0.39, 0.29) is 18.7 Å². The first-order valence-electron chi connectivity index (χ1n) is 10.7. The summed E-state index contributed by atoms with van der Waals surface area (Å²) in [5, 5.41) is 0. The number of halogens is 1. The highest BCUT2D eigenvalue weighted by Gasteiger charge is 2.47. The molecule has 7 nitrogen and oxygen atoms in total. The van der Waals surface area contributed by atoms with Crippen LogP contribution in [0.25, 0.3) is 11.1 Å². The lowest BCUT2D eigenvalue weighted by Gasteiger charge is -2.34. The Morgan fingerprint density at radius 1 is 1.06 bits per heavy atom. The number of aliphatic imine (C=N–C) groups is 1. The van der Waals surface area contributed by atoms with Crippen molar-refractivity contribution >= 4 is 6.02 Å². The highest BCUT2D eigenvalue weighted by atomic mass is 19.1. The van der Waals surface area contributed by atoms with Crippen molar-refractivity contribution in [1.29, 1.82) is 0 Å². The van der Waals surface area contributed by atoms with Gasteiger partial charge in [0.1, 0.15) is 12.4 Å². The van der Waals surface area contributed by atoms with E-state index < -0.39 is 11.5 Å². The summed E-state index contributed by atoms with van der Waals surface area (Å²) in [5.74, 6) is 0.667. The Morgan fingerprint density at radius 2 is 1.97 bits per heavy atom. The highest BCUT2D eigenvalue weighted by molar-refractivity contribution is 5.77. The number of hydrogen-bond donors (Lipinski definition) is 1. The lowest BCUT2D eigenvalue weighted by atomic mass is 9.80. The highest BCUT2D eigenvalue weighted by Crippen LogP contribution is 2.52. The molecule has 3 aliphatic rings. The number of ether oxygens (including phenoxy) is 3. The molecular weight excluding hydrogens is 411 g/mol. The third kappa shape index (κ3) is 2.94. The second-order valence-electron chi connectivity index (χ2n) is 8.21.